The van der Waals surface area contributed by atoms with Crippen LogP contribution in [0.25, 0.3) is 22.3 Å². The van der Waals surface area contributed by atoms with Gasteiger partial charge in [0, 0.05) is 23.2 Å². The second kappa shape index (κ2) is 9.57. The summed E-state index contributed by atoms with van der Waals surface area (Å²) in [7, 11) is 0. The molecule has 1 atom stereocenters. The van der Waals surface area contributed by atoms with Crippen molar-refractivity contribution in [2.45, 2.75) is 52.6 Å². The van der Waals surface area contributed by atoms with Crippen molar-refractivity contribution in [1.29, 1.82) is 0 Å². The average Bonchev–Trinajstić information content (AvgIpc) is 3.63. The van der Waals surface area contributed by atoms with E-state index in [0.717, 1.165) is 46.3 Å². The third kappa shape index (κ3) is 4.73. The van der Waals surface area contributed by atoms with Crippen molar-refractivity contribution in [2.75, 3.05) is 5.32 Å². The first-order chi connectivity index (χ1) is 17.3. The van der Waals surface area contributed by atoms with Gasteiger partial charge in [0.25, 0.3) is 5.91 Å². The number of anilines is 1. The Labute approximate surface area is 210 Å². The van der Waals surface area contributed by atoms with Crippen molar-refractivity contribution >= 4 is 28.5 Å². The van der Waals surface area contributed by atoms with E-state index in [1.807, 2.05) is 87.0 Å². The van der Waals surface area contributed by atoms with Gasteiger partial charge in [-0.3, -0.25) is 9.59 Å². The van der Waals surface area contributed by atoms with Crippen LogP contribution in [0.4, 0.5) is 5.69 Å². The van der Waals surface area contributed by atoms with Crippen molar-refractivity contribution in [2.24, 2.45) is 5.92 Å². The maximum absolute atomic E-state index is 13.6. The van der Waals surface area contributed by atoms with E-state index in [4.69, 9.17) is 4.98 Å². The number of pyridine rings is 1. The van der Waals surface area contributed by atoms with Gasteiger partial charge in [0.05, 0.1) is 28.9 Å². The molecule has 2 N–H and O–H groups in total. The highest BCUT2D eigenvalue weighted by molar-refractivity contribution is 6.06. The van der Waals surface area contributed by atoms with Gasteiger partial charge >= 0.3 is 0 Å². The lowest BCUT2D eigenvalue weighted by molar-refractivity contribution is -0.117. The number of fused-ring (bicyclic) bond motifs is 1. The summed E-state index contributed by atoms with van der Waals surface area (Å²) < 4.78 is 1.85. The minimum atomic E-state index is -0.226. The largest absolute Gasteiger partial charge is 0.345 e. The Morgan fingerprint density at radius 1 is 1.03 bits per heavy atom. The molecule has 1 fully saturated rings. The van der Waals surface area contributed by atoms with Gasteiger partial charge in [0.2, 0.25) is 5.91 Å². The number of carbonyl (C=O) groups is 2. The van der Waals surface area contributed by atoms with Crippen LogP contribution in [0.2, 0.25) is 0 Å². The number of nitrogens with one attached hydrogen (secondary N) is 2. The Bertz CT molecular complexity index is 1430. The van der Waals surface area contributed by atoms with Crippen LogP contribution >= 0.6 is 0 Å². The predicted octanol–water partition coefficient (Wildman–Crippen LogP) is 5.83. The zero-order valence-corrected chi connectivity index (χ0v) is 21.1. The van der Waals surface area contributed by atoms with E-state index in [9.17, 15) is 9.59 Å². The van der Waals surface area contributed by atoms with Gasteiger partial charge in [-0.15, -0.1) is 0 Å². The first-order valence-corrected chi connectivity index (χ1v) is 12.5. The minimum Gasteiger partial charge on any atom is -0.345 e. The number of aryl methyl sites for hydroxylation is 1. The lowest BCUT2D eigenvalue weighted by Gasteiger charge is -2.17. The number of hydrogen-bond donors (Lipinski definition) is 2. The summed E-state index contributed by atoms with van der Waals surface area (Å²) in [6.07, 6.45) is 3.66. The SMILES string of the molecule is Cc1ccccc1-c1cc(C(=O)NC(C)c2ccc(NC(=O)C3CC3)cc2)c2cnn(C(C)C)c2n1. The standard InChI is InChI=1S/C29H31N5O2/c1-17(2)34-27-25(16-30-34)24(15-26(33-27)23-8-6-5-7-18(23)3)29(36)31-19(4)20-11-13-22(14-12-20)32-28(35)21-9-10-21/h5-8,11-17,19,21H,9-10H2,1-4H3,(H,31,36)(H,32,35). The van der Waals surface area contributed by atoms with Gasteiger partial charge in [0.15, 0.2) is 5.65 Å². The first kappa shape index (κ1) is 23.7. The Morgan fingerprint density at radius 2 is 1.75 bits per heavy atom. The highest BCUT2D eigenvalue weighted by Gasteiger charge is 2.29. The molecular weight excluding hydrogens is 450 g/mol. The molecule has 7 nitrogen and oxygen atoms in total. The summed E-state index contributed by atoms with van der Waals surface area (Å²) in [5, 5.41) is 11.3. The van der Waals surface area contributed by atoms with Gasteiger partial charge in [0.1, 0.15) is 0 Å². The second-order valence-corrected chi connectivity index (χ2v) is 9.87. The van der Waals surface area contributed by atoms with Crippen molar-refractivity contribution in [3.05, 3.63) is 77.5 Å². The van der Waals surface area contributed by atoms with Crippen molar-refractivity contribution in [1.82, 2.24) is 20.1 Å². The molecule has 0 bridgehead atoms. The molecule has 0 aliphatic heterocycles. The molecule has 184 valence electrons. The molecule has 0 radical (unpaired) electrons. The van der Waals surface area contributed by atoms with Gasteiger partial charge < -0.3 is 10.6 Å². The highest BCUT2D eigenvalue weighted by Crippen LogP contribution is 2.31. The molecule has 2 aromatic carbocycles. The van der Waals surface area contributed by atoms with Crippen LogP contribution in [-0.4, -0.2) is 26.6 Å². The fraction of sp³-hybridized carbons (Fsp3) is 0.310. The van der Waals surface area contributed by atoms with Gasteiger partial charge in [-0.2, -0.15) is 5.10 Å². The molecular formula is C29H31N5O2. The fourth-order valence-electron chi connectivity index (χ4n) is 4.38. The third-order valence-corrected chi connectivity index (χ3v) is 6.70. The Hall–Kier alpha value is -4.00. The average molecular weight is 482 g/mol. The summed E-state index contributed by atoms with van der Waals surface area (Å²) in [4.78, 5) is 30.5. The van der Waals surface area contributed by atoms with Crippen molar-refractivity contribution in [3.63, 3.8) is 0 Å². The normalized spacial score (nSPS) is 14.1. The molecule has 36 heavy (non-hydrogen) atoms. The van der Waals surface area contributed by atoms with Crippen LogP contribution in [0.5, 0.6) is 0 Å². The van der Waals surface area contributed by atoms with E-state index in [-0.39, 0.29) is 29.8 Å². The highest BCUT2D eigenvalue weighted by atomic mass is 16.2. The predicted molar refractivity (Wildman–Crippen MR) is 142 cm³/mol. The third-order valence-electron chi connectivity index (χ3n) is 6.70. The Morgan fingerprint density at radius 3 is 2.42 bits per heavy atom. The summed E-state index contributed by atoms with van der Waals surface area (Å²) >= 11 is 0. The number of hydrogen-bond acceptors (Lipinski definition) is 4. The molecule has 2 aromatic heterocycles. The zero-order valence-electron chi connectivity index (χ0n) is 21.1. The van der Waals surface area contributed by atoms with Crippen LogP contribution in [0.3, 0.4) is 0 Å². The quantitative estimate of drug-likeness (QED) is 0.348. The molecule has 7 heteroatoms. The minimum absolute atomic E-state index is 0.0807. The van der Waals surface area contributed by atoms with Gasteiger partial charge in [-0.1, -0.05) is 36.4 Å². The molecule has 1 unspecified atom stereocenters. The number of benzene rings is 2. The zero-order chi connectivity index (χ0) is 25.4. The topological polar surface area (TPSA) is 88.9 Å². The summed E-state index contributed by atoms with van der Waals surface area (Å²) in [5.41, 5.74) is 5.79. The summed E-state index contributed by atoms with van der Waals surface area (Å²) in [6.45, 7) is 8.09. The van der Waals surface area contributed by atoms with Gasteiger partial charge in [-0.25, -0.2) is 9.67 Å². The van der Waals surface area contributed by atoms with Gasteiger partial charge in [-0.05, 0) is 69.9 Å². The van der Waals surface area contributed by atoms with Crippen molar-refractivity contribution < 1.29 is 9.59 Å². The van der Waals surface area contributed by atoms with E-state index in [1.54, 1.807) is 6.20 Å². The van der Waals surface area contributed by atoms with Crippen LogP contribution in [0.15, 0.2) is 60.8 Å². The molecule has 2 heterocycles. The van der Waals surface area contributed by atoms with E-state index in [0.29, 0.717) is 11.2 Å². The Balaban J connectivity index is 1.43. The second-order valence-electron chi connectivity index (χ2n) is 9.87. The van der Waals surface area contributed by atoms with E-state index in [1.165, 1.54) is 0 Å². The molecule has 0 spiro atoms. The molecule has 4 aromatic rings. The number of aromatic nitrogens is 3. The van der Waals surface area contributed by atoms with Crippen LogP contribution in [0.1, 0.15) is 67.2 Å². The van der Waals surface area contributed by atoms with Crippen molar-refractivity contribution in [3.8, 4) is 11.3 Å². The molecule has 5 rings (SSSR count). The smallest absolute Gasteiger partial charge is 0.252 e. The maximum Gasteiger partial charge on any atom is 0.252 e. The Kier molecular flexibility index (Phi) is 6.31. The van der Waals surface area contributed by atoms with E-state index >= 15 is 0 Å². The number of nitrogens with zero attached hydrogens (tertiary/aromatic N) is 3. The monoisotopic (exact) mass is 481 g/mol. The molecule has 1 saturated carbocycles. The summed E-state index contributed by atoms with van der Waals surface area (Å²) in [5.74, 6) is 0.0565. The van der Waals surface area contributed by atoms with E-state index in [2.05, 4.69) is 15.7 Å². The van der Waals surface area contributed by atoms with Crippen LogP contribution in [0, 0.1) is 12.8 Å². The molecule has 0 saturated heterocycles. The lowest BCUT2D eigenvalue weighted by atomic mass is 10.0. The first-order valence-electron chi connectivity index (χ1n) is 12.5. The molecule has 2 amide bonds. The maximum atomic E-state index is 13.6. The number of amides is 2. The molecule has 1 aliphatic carbocycles. The van der Waals surface area contributed by atoms with E-state index < -0.39 is 0 Å². The molecule has 1 aliphatic rings. The lowest BCUT2D eigenvalue weighted by Crippen LogP contribution is -2.27. The van der Waals surface area contributed by atoms with Crippen LogP contribution < -0.4 is 10.6 Å². The number of carbonyl (C=O) groups excluding carboxylic acids is 2. The van der Waals surface area contributed by atoms with Crippen LogP contribution in [-0.2, 0) is 4.79 Å². The fourth-order valence-corrected chi connectivity index (χ4v) is 4.38. The summed E-state index contributed by atoms with van der Waals surface area (Å²) in [6, 6.07) is 17.4. The number of rotatable bonds is 7.